The van der Waals surface area contributed by atoms with Crippen LogP contribution < -0.4 is 0 Å². The quantitative estimate of drug-likeness (QED) is 0.389. The second-order valence-corrected chi connectivity index (χ2v) is 3.51. The average molecular weight is 242 g/mol. The highest BCUT2D eigenvalue weighted by Gasteiger charge is 2.45. The van der Waals surface area contributed by atoms with Gasteiger partial charge in [-0.2, -0.15) is 0 Å². The Morgan fingerprint density at radius 2 is 2.18 bits per heavy atom. The van der Waals surface area contributed by atoms with Gasteiger partial charge >= 0.3 is 11.9 Å². The Hall–Kier alpha value is -1.85. The Balaban J connectivity index is 2.72. The highest BCUT2D eigenvalue weighted by atomic mass is 16.6. The molecule has 0 spiro atoms. The van der Waals surface area contributed by atoms with E-state index in [0.29, 0.717) is 0 Å². The summed E-state index contributed by atoms with van der Waals surface area (Å²) in [7, 11) is 0. The van der Waals surface area contributed by atoms with Crippen LogP contribution in [0.25, 0.3) is 0 Å². The van der Waals surface area contributed by atoms with Gasteiger partial charge in [-0.05, 0) is 6.92 Å². The van der Waals surface area contributed by atoms with Crippen LogP contribution in [-0.4, -0.2) is 37.0 Å². The maximum atomic E-state index is 11.5. The predicted molar refractivity (Wildman–Crippen MR) is 55.8 cm³/mol. The molecule has 1 aliphatic heterocycles. The van der Waals surface area contributed by atoms with E-state index in [2.05, 4.69) is 6.58 Å². The van der Waals surface area contributed by atoms with Crippen LogP contribution >= 0.6 is 0 Å². The number of hydrogen-bond donors (Lipinski definition) is 0. The predicted octanol–water partition coefficient (Wildman–Crippen LogP) is 0.210. The fourth-order valence-corrected chi connectivity index (χ4v) is 1.31. The molecule has 0 aliphatic carbocycles. The monoisotopic (exact) mass is 242 g/mol. The number of ether oxygens (including phenoxy) is 3. The van der Waals surface area contributed by atoms with Crippen LogP contribution in [0.1, 0.15) is 13.8 Å². The molecule has 6 heteroatoms. The van der Waals surface area contributed by atoms with Gasteiger partial charge in [0.1, 0.15) is 12.5 Å². The molecule has 0 saturated carbocycles. The van der Waals surface area contributed by atoms with E-state index in [1.807, 2.05) is 0 Å². The average Bonchev–Trinajstić information content (AvgIpc) is 2.61. The number of esters is 2. The number of rotatable bonds is 5. The third-order valence-electron chi connectivity index (χ3n) is 2.25. The molecule has 0 aromatic rings. The van der Waals surface area contributed by atoms with E-state index in [0.717, 1.165) is 0 Å². The Labute approximate surface area is 98.5 Å². The first-order valence-corrected chi connectivity index (χ1v) is 5.17. The minimum Gasteiger partial charge on any atom is -0.475 e. The van der Waals surface area contributed by atoms with Gasteiger partial charge in [0, 0.05) is 6.92 Å². The van der Waals surface area contributed by atoms with Crippen molar-refractivity contribution in [3.8, 4) is 0 Å². The first-order valence-electron chi connectivity index (χ1n) is 5.17. The van der Waals surface area contributed by atoms with Crippen molar-refractivity contribution in [3.05, 3.63) is 12.3 Å². The number of ketones is 1. The Bertz CT molecular complexity index is 359. The summed E-state index contributed by atoms with van der Waals surface area (Å²) in [5, 5.41) is 0. The largest absolute Gasteiger partial charge is 0.475 e. The lowest BCUT2D eigenvalue weighted by Gasteiger charge is -2.15. The fraction of sp³-hybridized carbons (Fsp3) is 0.545. The number of allylic oxidation sites excluding steroid dienone is 1. The van der Waals surface area contributed by atoms with Crippen molar-refractivity contribution in [2.45, 2.75) is 20.0 Å². The molecule has 6 nitrogen and oxygen atoms in total. The van der Waals surface area contributed by atoms with E-state index in [1.54, 1.807) is 6.92 Å². The number of Topliss-reactive ketones (excluding diaryl/α,β-unsaturated/α-hetero) is 1. The molecule has 1 aliphatic rings. The van der Waals surface area contributed by atoms with Crippen molar-refractivity contribution in [2.24, 2.45) is 5.92 Å². The third kappa shape index (κ3) is 3.05. The van der Waals surface area contributed by atoms with Crippen molar-refractivity contribution in [1.29, 1.82) is 0 Å². The van der Waals surface area contributed by atoms with E-state index in [-0.39, 0.29) is 19.0 Å². The van der Waals surface area contributed by atoms with Gasteiger partial charge in [0.2, 0.25) is 6.10 Å². The van der Waals surface area contributed by atoms with Crippen molar-refractivity contribution >= 4 is 17.7 Å². The zero-order valence-corrected chi connectivity index (χ0v) is 9.73. The highest BCUT2D eigenvalue weighted by molar-refractivity contribution is 5.92. The molecule has 0 aromatic carbocycles. The lowest BCUT2D eigenvalue weighted by atomic mass is 10.1. The second kappa shape index (κ2) is 5.47. The lowest BCUT2D eigenvalue weighted by Crippen LogP contribution is -2.33. The topological polar surface area (TPSA) is 78.9 Å². The summed E-state index contributed by atoms with van der Waals surface area (Å²) < 4.78 is 14.5. The minimum atomic E-state index is -1.15. The third-order valence-corrected chi connectivity index (χ3v) is 2.25. The molecule has 2 unspecified atom stereocenters. The van der Waals surface area contributed by atoms with Crippen molar-refractivity contribution in [3.63, 3.8) is 0 Å². The molecule has 1 fully saturated rings. The van der Waals surface area contributed by atoms with E-state index < -0.39 is 29.7 Å². The van der Waals surface area contributed by atoms with Crippen molar-refractivity contribution in [2.75, 3.05) is 13.2 Å². The van der Waals surface area contributed by atoms with E-state index >= 15 is 0 Å². The standard InChI is InChI=1S/C11H14O6/c1-4-15-10(13)8-5-16-11(14)9(8)17-7(3)6(2)12/h8-9H,3-5H2,1-2H3. The molecule has 1 saturated heterocycles. The summed E-state index contributed by atoms with van der Waals surface area (Å²) in [6.07, 6.45) is -1.15. The lowest BCUT2D eigenvalue weighted by molar-refractivity contribution is -0.154. The van der Waals surface area contributed by atoms with E-state index in [4.69, 9.17) is 14.2 Å². The molecule has 0 N–H and O–H groups in total. The van der Waals surface area contributed by atoms with Gasteiger partial charge in [-0.1, -0.05) is 6.58 Å². The van der Waals surface area contributed by atoms with Gasteiger partial charge in [0.15, 0.2) is 11.5 Å². The molecular weight excluding hydrogens is 228 g/mol. The maximum absolute atomic E-state index is 11.5. The van der Waals surface area contributed by atoms with Crippen LogP contribution in [0.2, 0.25) is 0 Å². The summed E-state index contributed by atoms with van der Waals surface area (Å²) in [5.41, 5.74) is 0. The molecular formula is C11H14O6. The summed E-state index contributed by atoms with van der Waals surface area (Å²) in [6.45, 7) is 6.36. The molecule has 94 valence electrons. The first kappa shape index (κ1) is 13.2. The highest BCUT2D eigenvalue weighted by Crippen LogP contribution is 2.22. The maximum Gasteiger partial charge on any atom is 0.348 e. The number of carbonyl (C=O) groups is 3. The minimum absolute atomic E-state index is 0.104. The van der Waals surface area contributed by atoms with Gasteiger partial charge < -0.3 is 14.2 Å². The molecule has 0 aromatic heterocycles. The van der Waals surface area contributed by atoms with Gasteiger partial charge in [-0.25, -0.2) is 4.79 Å². The molecule has 2 atom stereocenters. The number of hydrogen-bond acceptors (Lipinski definition) is 6. The van der Waals surface area contributed by atoms with E-state index in [1.165, 1.54) is 6.92 Å². The van der Waals surface area contributed by atoms with Crippen LogP contribution in [-0.2, 0) is 28.6 Å². The van der Waals surface area contributed by atoms with Crippen LogP contribution in [0, 0.1) is 5.92 Å². The fourth-order valence-electron chi connectivity index (χ4n) is 1.31. The number of carbonyl (C=O) groups excluding carboxylic acids is 3. The summed E-state index contributed by atoms with van der Waals surface area (Å²) in [5.74, 6) is -2.71. The van der Waals surface area contributed by atoms with Gasteiger partial charge in [-0.3, -0.25) is 9.59 Å². The van der Waals surface area contributed by atoms with Gasteiger partial charge in [0.25, 0.3) is 0 Å². The molecule has 1 heterocycles. The summed E-state index contributed by atoms with van der Waals surface area (Å²) in [6, 6.07) is 0. The zero-order chi connectivity index (χ0) is 13.0. The Kier molecular flexibility index (Phi) is 4.25. The van der Waals surface area contributed by atoms with Crippen molar-refractivity contribution in [1.82, 2.24) is 0 Å². The smallest absolute Gasteiger partial charge is 0.348 e. The SMILES string of the molecule is C=C(OC1C(=O)OCC1C(=O)OCC)C(C)=O. The Morgan fingerprint density at radius 3 is 2.71 bits per heavy atom. The van der Waals surface area contributed by atoms with Crippen LogP contribution in [0.15, 0.2) is 12.3 Å². The normalized spacial score (nSPS) is 22.8. The van der Waals surface area contributed by atoms with E-state index in [9.17, 15) is 14.4 Å². The summed E-state index contributed by atoms with van der Waals surface area (Å²) >= 11 is 0. The van der Waals surface area contributed by atoms with Crippen LogP contribution in [0.4, 0.5) is 0 Å². The summed E-state index contributed by atoms with van der Waals surface area (Å²) in [4.78, 5) is 33.8. The molecule has 17 heavy (non-hydrogen) atoms. The van der Waals surface area contributed by atoms with Crippen LogP contribution in [0.3, 0.4) is 0 Å². The first-order chi connectivity index (χ1) is 7.97. The zero-order valence-electron chi connectivity index (χ0n) is 9.73. The van der Waals surface area contributed by atoms with Gasteiger partial charge in [-0.15, -0.1) is 0 Å². The Morgan fingerprint density at radius 1 is 1.53 bits per heavy atom. The van der Waals surface area contributed by atoms with Gasteiger partial charge in [0.05, 0.1) is 6.61 Å². The number of cyclic esters (lactones) is 1. The molecule has 1 rings (SSSR count). The van der Waals surface area contributed by atoms with Crippen molar-refractivity contribution < 1.29 is 28.6 Å². The van der Waals surface area contributed by atoms with Crippen LogP contribution in [0.5, 0.6) is 0 Å². The second-order valence-electron chi connectivity index (χ2n) is 3.51. The molecule has 0 radical (unpaired) electrons. The molecule has 0 bridgehead atoms. The molecule has 0 amide bonds.